The number of thiophene rings is 1. The number of carbonyl (C=O) groups is 1. The van der Waals surface area contributed by atoms with Gasteiger partial charge in [0.2, 0.25) is 11.8 Å². The fourth-order valence-corrected chi connectivity index (χ4v) is 3.53. The Hall–Kier alpha value is -2.66. The molecule has 0 saturated heterocycles. The number of aromatic nitrogens is 3. The Bertz CT molecular complexity index is 1080. The van der Waals surface area contributed by atoms with E-state index in [1.165, 1.54) is 16.2 Å². The highest BCUT2D eigenvalue weighted by Gasteiger charge is 2.32. The molecule has 30 heavy (non-hydrogen) atoms. The second-order valence-electron chi connectivity index (χ2n) is 6.30. The van der Waals surface area contributed by atoms with E-state index < -0.39 is 34.8 Å². The van der Waals surface area contributed by atoms with E-state index >= 15 is 0 Å². The minimum Gasteiger partial charge on any atom is -0.418 e. The Labute approximate surface area is 177 Å². The molecular formula is C18H16ClF3N4O3S. The molecule has 3 aromatic heterocycles. The standard InChI is InChI=1S/C18H16ClF3N4O3S/c1-2-5-25(9-14-23-24-16(29-14)13-4-3-6-30-13)15(27)10-26-8-11(18(20,21)22)7-12(19)17(26)28/h3-4,6-8H,2,5,9-10H2,1H3. The number of amides is 1. The summed E-state index contributed by atoms with van der Waals surface area (Å²) >= 11 is 7.05. The molecule has 160 valence electrons. The predicted molar refractivity (Wildman–Crippen MR) is 104 cm³/mol. The van der Waals surface area contributed by atoms with E-state index in [-0.39, 0.29) is 19.0 Å². The van der Waals surface area contributed by atoms with Crippen LogP contribution in [0.25, 0.3) is 10.8 Å². The monoisotopic (exact) mass is 460 g/mol. The van der Waals surface area contributed by atoms with Crippen LogP contribution in [0.1, 0.15) is 24.8 Å². The zero-order valence-electron chi connectivity index (χ0n) is 15.6. The van der Waals surface area contributed by atoms with Crippen molar-refractivity contribution in [2.24, 2.45) is 0 Å². The summed E-state index contributed by atoms with van der Waals surface area (Å²) in [5, 5.41) is 9.09. The van der Waals surface area contributed by atoms with Crippen molar-refractivity contribution in [3.05, 3.63) is 56.6 Å². The minimum absolute atomic E-state index is 0.0352. The molecule has 0 aliphatic carbocycles. The largest absolute Gasteiger partial charge is 0.418 e. The van der Waals surface area contributed by atoms with Gasteiger partial charge in [0.05, 0.1) is 17.0 Å². The van der Waals surface area contributed by atoms with Crippen molar-refractivity contribution >= 4 is 28.8 Å². The maximum Gasteiger partial charge on any atom is 0.417 e. The normalized spacial score (nSPS) is 11.6. The molecule has 0 aliphatic rings. The van der Waals surface area contributed by atoms with Gasteiger partial charge in [-0.3, -0.25) is 9.59 Å². The summed E-state index contributed by atoms with van der Waals surface area (Å²) in [7, 11) is 0. The van der Waals surface area contributed by atoms with Crippen LogP contribution in [-0.4, -0.2) is 32.1 Å². The molecule has 1 amide bonds. The molecule has 0 aromatic carbocycles. The first-order chi connectivity index (χ1) is 14.2. The third-order valence-corrected chi connectivity index (χ3v) is 5.18. The SMILES string of the molecule is CCCN(Cc1nnc(-c2cccs2)o1)C(=O)Cn1cc(C(F)(F)F)cc(Cl)c1=O. The number of nitrogens with zero attached hydrogens (tertiary/aromatic N) is 4. The zero-order valence-corrected chi connectivity index (χ0v) is 17.2. The predicted octanol–water partition coefficient (Wildman–Crippen LogP) is 4.07. The molecule has 3 heterocycles. The van der Waals surface area contributed by atoms with Crippen molar-refractivity contribution in [3.63, 3.8) is 0 Å². The summed E-state index contributed by atoms with van der Waals surface area (Å²) in [6.45, 7) is 1.48. The molecule has 0 saturated carbocycles. The summed E-state index contributed by atoms with van der Waals surface area (Å²) in [4.78, 5) is 26.9. The average molecular weight is 461 g/mol. The van der Waals surface area contributed by atoms with Crippen LogP contribution >= 0.6 is 22.9 Å². The highest BCUT2D eigenvalue weighted by atomic mass is 35.5. The Morgan fingerprint density at radius 1 is 1.37 bits per heavy atom. The van der Waals surface area contributed by atoms with Gasteiger partial charge in [0.1, 0.15) is 11.6 Å². The molecule has 3 aromatic rings. The van der Waals surface area contributed by atoms with E-state index in [0.717, 1.165) is 4.88 Å². The third kappa shape index (κ3) is 5.08. The van der Waals surface area contributed by atoms with Gasteiger partial charge in [0.15, 0.2) is 0 Å². The number of carbonyl (C=O) groups excluding carboxylic acids is 1. The van der Waals surface area contributed by atoms with Gasteiger partial charge in [0, 0.05) is 12.7 Å². The Kier molecular flexibility index (Phi) is 6.61. The number of hydrogen-bond acceptors (Lipinski definition) is 6. The summed E-state index contributed by atoms with van der Waals surface area (Å²) in [5.74, 6) is -0.0930. The van der Waals surface area contributed by atoms with E-state index in [1.807, 2.05) is 18.4 Å². The molecule has 0 bridgehead atoms. The van der Waals surface area contributed by atoms with E-state index in [4.69, 9.17) is 16.0 Å². The third-order valence-electron chi connectivity index (χ3n) is 4.05. The summed E-state index contributed by atoms with van der Waals surface area (Å²) in [6, 6.07) is 4.18. The van der Waals surface area contributed by atoms with Crippen LogP contribution in [0.15, 0.2) is 39.0 Å². The van der Waals surface area contributed by atoms with Crippen LogP contribution in [-0.2, 0) is 24.1 Å². The van der Waals surface area contributed by atoms with Crippen LogP contribution < -0.4 is 5.56 Å². The molecule has 12 heteroatoms. The molecule has 0 spiro atoms. The molecule has 0 N–H and O–H groups in total. The van der Waals surface area contributed by atoms with Gasteiger partial charge in [-0.05, 0) is 23.9 Å². The Balaban J connectivity index is 1.80. The van der Waals surface area contributed by atoms with Crippen LogP contribution in [0.5, 0.6) is 0 Å². The van der Waals surface area contributed by atoms with E-state index in [1.54, 1.807) is 6.07 Å². The molecule has 0 radical (unpaired) electrons. The van der Waals surface area contributed by atoms with Crippen molar-refractivity contribution < 1.29 is 22.4 Å². The fraction of sp³-hybridized carbons (Fsp3) is 0.333. The zero-order chi connectivity index (χ0) is 21.9. The molecule has 3 rings (SSSR count). The van der Waals surface area contributed by atoms with E-state index in [0.29, 0.717) is 29.1 Å². The summed E-state index contributed by atoms with van der Waals surface area (Å²) in [6.07, 6.45) is -3.54. The summed E-state index contributed by atoms with van der Waals surface area (Å²) < 4.78 is 45.2. The number of halogens is 4. The smallest absolute Gasteiger partial charge is 0.417 e. The van der Waals surface area contributed by atoms with Gasteiger partial charge in [-0.15, -0.1) is 21.5 Å². The van der Waals surface area contributed by atoms with Gasteiger partial charge in [-0.25, -0.2) is 0 Å². The number of hydrogen-bond donors (Lipinski definition) is 0. The van der Waals surface area contributed by atoms with Gasteiger partial charge in [0.25, 0.3) is 11.4 Å². The quantitative estimate of drug-likeness (QED) is 0.531. The topological polar surface area (TPSA) is 81.2 Å². The van der Waals surface area contributed by atoms with Crippen molar-refractivity contribution in [1.29, 1.82) is 0 Å². The van der Waals surface area contributed by atoms with Gasteiger partial charge < -0.3 is 13.9 Å². The summed E-state index contributed by atoms with van der Waals surface area (Å²) in [5.41, 5.74) is -1.99. The molecule has 0 unspecified atom stereocenters. The molecule has 0 fully saturated rings. The lowest BCUT2D eigenvalue weighted by molar-refractivity contribution is -0.139. The lowest BCUT2D eigenvalue weighted by atomic mass is 10.2. The first-order valence-electron chi connectivity index (χ1n) is 8.80. The molecular weight excluding hydrogens is 445 g/mol. The van der Waals surface area contributed by atoms with Crippen molar-refractivity contribution in [1.82, 2.24) is 19.7 Å². The van der Waals surface area contributed by atoms with E-state index in [2.05, 4.69) is 10.2 Å². The highest BCUT2D eigenvalue weighted by Crippen LogP contribution is 2.29. The van der Waals surface area contributed by atoms with Crippen molar-refractivity contribution in [2.75, 3.05) is 6.54 Å². The second kappa shape index (κ2) is 9.00. The molecule has 0 atom stereocenters. The van der Waals surface area contributed by atoms with Crippen LogP contribution in [0.3, 0.4) is 0 Å². The highest BCUT2D eigenvalue weighted by molar-refractivity contribution is 7.13. The van der Waals surface area contributed by atoms with Crippen LogP contribution in [0.4, 0.5) is 13.2 Å². The maximum absolute atomic E-state index is 13.0. The van der Waals surface area contributed by atoms with E-state index in [9.17, 15) is 22.8 Å². The van der Waals surface area contributed by atoms with Crippen LogP contribution in [0, 0.1) is 0 Å². The maximum atomic E-state index is 13.0. The van der Waals surface area contributed by atoms with Crippen molar-refractivity contribution in [3.8, 4) is 10.8 Å². The lowest BCUT2D eigenvalue weighted by Crippen LogP contribution is -2.37. The molecule has 0 aliphatic heterocycles. The molecule has 7 nitrogen and oxygen atoms in total. The Morgan fingerprint density at radius 2 is 2.13 bits per heavy atom. The first-order valence-corrected chi connectivity index (χ1v) is 10.1. The number of rotatable bonds is 7. The van der Waals surface area contributed by atoms with Crippen LogP contribution in [0.2, 0.25) is 5.02 Å². The number of pyridine rings is 1. The fourth-order valence-electron chi connectivity index (χ4n) is 2.66. The first kappa shape index (κ1) is 22.0. The van der Waals surface area contributed by atoms with Crippen molar-refractivity contribution in [2.45, 2.75) is 32.6 Å². The number of alkyl halides is 3. The Morgan fingerprint density at radius 3 is 2.77 bits per heavy atom. The second-order valence-corrected chi connectivity index (χ2v) is 7.66. The lowest BCUT2D eigenvalue weighted by Gasteiger charge is -2.21. The van der Waals surface area contributed by atoms with Gasteiger partial charge in [-0.2, -0.15) is 13.2 Å². The minimum atomic E-state index is -4.70. The average Bonchev–Trinajstić information content (AvgIpc) is 3.35. The van der Waals surface area contributed by atoms with Gasteiger partial charge >= 0.3 is 6.18 Å². The van der Waals surface area contributed by atoms with Gasteiger partial charge in [-0.1, -0.05) is 24.6 Å².